The third-order valence-corrected chi connectivity index (χ3v) is 6.82. The molecule has 0 spiro atoms. The zero-order chi connectivity index (χ0) is 21.6. The molecule has 1 amide bonds. The van der Waals surface area contributed by atoms with Gasteiger partial charge in [-0.05, 0) is 37.1 Å². The Bertz CT molecular complexity index is 1000. The molecule has 30 heavy (non-hydrogen) atoms. The monoisotopic (exact) mass is 431 g/mol. The second kappa shape index (κ2) is 9.97. The number of halogens is 1. The Morgan fingerprint density at radius 1 is 1.17 bits per heavy atom. The summed E-state index contributed by atoms with van der Waals surface area (Å²) in [4.78, 5) is 14.5. The average Bonchev–Trinajstić information content (AvgIpc) is 3.26. The number of carbonyl (C=O) groups is 1. The molecule has 0 radical (unpaired) electrons. The van der Waals surface area contributed by atoms with Crippen molar-refractivity contribution in [1.82, 2.24) is 9.21 Å². The van der Waals surface area contributed by atoms with Crippen LogP contribution in [0.25, 0.3) is 0 Å². The Balaban J connectivity index is 1.67. The number of hydrogen-bond donors (Lipinski definition) is 1. The second-order valence-corrected chi connectivity index (χ2v) is 9.17. The number of nitrogens with zero attached hydrogens (tertiary/aromatic N) is 2. The van der Waals surface area contributed by atoms with Crippen LogP contribution in [0.5, 0.6) is 0 Å². The maximum atomic E-state index is 13.9. The van der Waals surface area contributed by atoms with Crippen molar-refractivity contribution in [3.8, 4) is 0 Å². The van der Waals surface area contributed by atoms with Gasteiger partial charge in [0, 0.05) is 37.4 Å². The summed E-state index contributed by atoms with van der Waals surface area (Å²) in [7, 11) is -3.56. The molecule has 1 saturated heterocycles. The number of carbonyl (C=O) groups excluding carboxylic acids is 1. The fraction of sp³-hybridized carbons (Fsp3) is 0.318. The Hall–Kier alpha value is -2.55. The maximum absolute atomic E-state index is 13.9. The fourth-order valence-electron chi connectivity index (χ4n) is 3.45. The van der Waals surface area contributed by atoms with Crippen LogP contribution in [0.2, 0.25) is 0 Å². The van der Waals surface area contributed by atoms with Crippen LogP contribution in [0.15, 0.2) is 66.1 Å². The molecule has 1 fully saturated rings. The highest BCUT2D eigenvalue weighted by atomic mass is 32.2. The first-order chi connectivity index (χ1) is 14.4. The van der Waals surface area contributed by atoms with E-state index in [0.29, 0.717) is 30.9 Å². The van der Waals surface area contributed by atoms with Crippen LogP contribution >= 0.6 is 0 Å². The SMILES string of the molecule is C=CCN(CC(=O)Nc1cccc(S(=O)(=O)N2CCCC2)c1)Cc1ccccc1F. The van der Waals surface area contributed by atoms with Gasteiger partial charge in [-0.1, -0.05) is 30.3 Å². The highest BCUT2D eigenvalue weighted by Gasteiger charge is 2.27. The van der Waals surface area contributed by atoms with E-state index < -0.39 is 10.0 Å². The zero-order valence-corrected chi connectivity index (χ0v) is 17.6. The predicted octanol–water partition coefficient (Wildman–Crippen LogP) is 3.24. The average molecular weight is 432 g/mol. The predicted molar refractivity (Wildman–Crippen MR) is 115 cm³/mol. The third-order valence-electron chi connectivity index (χ3n) is 4.93. The van der Waals surface area contributed by atoms with Gasteiger partial charge in [-0.15, -0.1) is 6.58 Å². The highest BCUT2D eigenvalue weighted by Crippen LogP contribution is 2.23. The van der Waals surface area contributed by atoms with E-state index in [1.165, 1.54) is 22.5 Å². The molecule has 3 rings (SSSR count). The molecule has 0 aliphatic carbocycles. The van der Waals surface area contributed by atoms with Crippen molar-refractivity contribution < 1.29 is 17.6 Å². The molecule has 1 aliphatic rings. The van der Waals surface area contributed by atoms with E-state index in [-0.39, 0.29) is 29.7 Å². The van der Waals surface area contributed by atoms with Gasteiger partial charge in [-0.2, -0.15) is 4.31 Å². The molecule has 160 valence electrons. The van der Waals surface area contributed by atoms with Gasteiger partial charge < -0.3 is 5.32 Å². The Kier molecular flexibility index (Phi) is 7.36. The van der Waals surface area contributed by atoms with Crippen molar-refractivity contribution in [2.24, 2.45) is 0 Å². The Labute approximate surface area is 177 Å². The van der Waals surface area contributed by atoms with Gasteiger partial charge in [0.05, 0.1) is 11.4 Å². The maximum Gasteiger partial charge on any atom is 0.243 e. The van der Waals surface area contributed by atoms with Gasteiger partial charge in [0.2, 0.25) is 15.9 Å². The van der Waals surface area contributed by atoms with E-state index in [1.807, 2.05) is 0 Å². The molecule has 1 aliphatic heterocycles. The van der Waals surface area contributed by atoms with Gasteiger partial charge >= 0.3 is 0 Å². The van der Waals surface area contributed by atoms with Crippen molar-refractivity contribution in [1.29, 1.82) is 0 Å². The summed E-state index contributed by atoms with van der Waals surface area (Å²) >= 11 is 0. The lowest BCUT2D eigenvalue weighted by molar-refractivity contribution is -0.117. The smallest absolute Gasteiger partial charge is 0.243 e. The van der Waals surface area contributed by atoms with Gasteiger partial charge in [-0.3, -0.25) is 9.69 Å². The number of hydrogen-bond acceptors (Lipinski definition) is 4. The normalized spacial score (nSPS) is 14.7. The minimum absolute atomic E-state index is 0.0173. The number of anilines is 1. The van der Waals surface area contributed by atoms with Gasteiger partial charge in [-0.25, -0.2) is 12.8 Å². The molecule has 2 aromatic rings. The quantitative estimate of drug-likeness (QED) is 0.619. The summed E-state index contributed by atoms with van der Waals surface area (Å²) in [5.41, 5.74) is 0.899. The first-order valence-electron chi connectivity index (χ1n) is 9.87. The van der Waals surface area contributed by atoms with Crippen LogP contribution in [0.4, 0.5) is 10.1 Å². The first kappa shape index (κ1) is 22.1. The van der Waals surface area contributed by atoms with Gasteiger partial charge in [0.25, 0.3) is 0 Å². The van der Waals surface area contributed by atoms with E-state index in [2.05, 4.69) is 11.9 Å². The summed E-state index contributed by atoms with van der Waals surface area (Å²) < 4.78 is 40.9. The van der Waals surface area contributed by atoms with Crippen LogP contribution in [-0.2, 0) is 21.4 Å². The van der Waals surface area contributed by atoms with E-state index >= 15 is 0 Å². The number of rotatable bonds is 9. The lowest BCUT2D eigenvalue weighted by Gasteiger charge is -2.21. The van der Waals surface area contributed by atoms with Crippen LogP contribution < -0.4 is 5.32 Å². The van der Waals surface area contributed by atoms with Crippen LogP contribution in [0, 0.1) is 5.82 Å². The van der Waals surface area contributed by atoms with Crippen molar-refractivity contribution in [2.45, 2.75) is 24.3 Å². The molecule has 0 aromatic heterocycles. The molecule has 0 atom stereocenters. The van der Waals surface area contributed by atoms with E-state index in [1.54, 1.807) is 41.3 Å². The first-order valence-corrected chi connectivity index (χ1v) is 11.3. The van der Waals surface area contributed by atoms with Crippen LogP contribution in [0.3, 0.4) is 0 Å². The minimum Gasteiger partial charge on any atom is -0.325 e. The topological polar surface area (TPSA) is 69.7 Å². The number of amides is 1. The van der Waals surface area contributed by atoms with Crippen molar-refractivity contribution >= 4 is 21.6 Å². The molecular formula is C22H26FN3O3S. The standard InChI is InChI=1S/C22H26FN3O3S/c1-2-12-25(16-18-8-3-4-11-21(18)23)17-22(27)24-19-9-7-10-20(15-19)30(28,29)26-13-5-6-14-26/h2-4,7-11,15H,1,5-6,12-14,16-17H2,(H,24,27). The summed E-state index contributed by atoms with van der Waals surface area (Å²) in [6.45, 7) is 5.42. The van der Waals surface area contributed by atoms with E-state index in [9.17, 15) is 17.6 Å². The lowest BCUT2D eigenvalue weighted by Crippen LogP contribution is -2.33. The van der Waals surface area contributed by atoms with E-state index in [0.717, 1.165) is 12.8 Å². The van der Waals surface area contributed by atoms with E-state index in [4.69, 9.17) is 0 Å². The minimum atomic E-state index is -3.56. The van der Waals surface area contributed by atoms with Crippen molar-refractivity contribution in [2.75, 3.05) is 31.5 Å². The summed E-state index contributed by atoms with van der Waals surface area (Å²) in [5, 5.41) is 2.74. The number of benzene rings is 2. The molecule has 1 heterocycles. The van der Waals surface area contributed by atoms with Crippen molar-refractivity contribution in [3.05, 3.63) is 72.6 Å². The second-order valence-electron chi connectivity index (χ2n) is 7.24. The Morgan fingerprint density at radius 3 is 2.60 bits per heavy atom. The molecule has 1 N–H and O–H groups in total. The number of nitrogens with one attached hydrogen (secondary N) is 1. The zero-order valence-electron chi connectivity index (χ0n) is 16.8. The molecule has 8 heteroatoms. The largest absolute Gasteiger partial charge is 0.325 e. The molecule has 0 unspecified atom stereocenters. The van der Waals surface area contributed by atoms with Crippen molar-refractivity contribution in [3.63, 3.8) is 0 Å². The summed E-state index contributed by atoms with van der Waals surface area (Å²) in [6, 6.07) is 12.7. The van der Waals surface area contributed by atoms with Gasteiger partial charge in [0.1, 0.15) is 5.82 Å². The molecule has 0 saturated carbocycles. The summed E-state index contributed by atoms with van der Waals surface area (Å²) in [5.74, 6) is -0.643. The molecular weight excluding hydrogens is 405 g/mol. The molecule has 2 aromatic carbocycles. The number of sulfonamides is 1. The third kappa shape index (κ3) is 5.53. The van der Waals surface area contributed by atoms with Crippen LogP contribution in [-0.4, -0.2) is 49.7 Å². The summed E-state index contributed by atoms with van der Waals surface area (Å²) in [6.07, 6.45) is 3.37. The molecule has 0 bridgehead atoms. The van der Waals surface area contributed by atoms with Crippen LogP contribution in [0.1, 0.15) is 18.4 Å². The highest BCUT2D eigenvalue weighted by molar-refractivity contribution is 7.89. The Morgan fingerprint density at radius 2 is 1.90 bits per heavy atom. The molecule has 6 nitrogen and oxygen atoms in total. The fourth-order valence-corrected chi connectivity index (χ4v) is 5.01. The van der Waals surface area contributed by atoms with Gasteiger partial charge in [0.15, 0.2) is 0 Å². The lowest BCUT2D eigenvalue weighted by atomic mass is 10.2.